The first-order valence-electron chi connectivity index (χ1n) is 8.02. The first kappa shape index (κ1) is 17.8. The molecule has 3 rings (SSSR count). The number of allylic oxidation sites excluding steroid dienone is 1. The summed E-state index contributed by atoms with van der Waals surface area (Å²) in [4.78, 5) is 18.0. The van der Waals surface area contributed by atoms with Crippen LogP contribution in [0.2, 0.25) is 0 Å². The van der Waals surface area contributed by atoms with Crippen molar-refractivity contribution in [2.24, 2.45) is 0 Å². The Kier molecular flexibility index (Phi) is 5.60. The Bertz CT molecular complexity index is 960. The fourth-order valence-electron chi connectivity index (χ4n) is 2.48. The summed E-state index contributed by atoms with van der Waals surface area (Å²) >= 11 is 3.02. The number of ether oxygens (including phenoxy) is 1. The largest absolute Gasteiger partial charge is 0.492 e. The maximum atomic E-state index is 12.6. The van der Waals surface area contributed by atoms with Gasteiger partial charge in [-0.3, -0.25) is 9.36 Å². The summed E-state index contributed by atoms with van der Waals surface area (Å²) in [6, 6.07) is 8.01. The molecule has 0 aliphatic heterocycles. The third-order valence-electron chi connectivity index (χ3n) is 3.78. The van der Waals surface area contributed by atoms with Crippen molar-refractivity contribution < 1.29 is 4.74 Å². The van der Waals surface area contributed by atoms with E-state index in [4.69, 9.17) is 4.74 Å². The van der Waals surface area contributed by atoms with Gasteiger partial charge in [-0.25, -0.2) is 4.98 Å². The zero-order valence-electron chi connectivity index (χ0n) is 14.3. The molecule has 0 amide bonds. The van der Waals surface area contributed by atoms with E-state index in [1.165, 1.54) is 28.7 Å². The van der Waals surface area contributed by atoms with Gasteiger partial charge in [-0.05, 0) is 42.5 Å². The van der Waals surface area contributed by atoms with Gasteiger partial charge >= 0.3 is 0 Å². The van der Waals surface area contributed by atoms with Crippen molar-refractivity contribution in [1.29, 1.82) is 0 Å². The second-order valence-corrected chi connectivity index (χ2v) is 7.66. The van der Waals surface area contributed by atoms with Crippen LogP contribution in [0, 0.1) is 13.8 Å². The molecule has 130 valence electrons. The van der Waals surface area contributed by atoms with E-state index in [0.29, 0.717) is 29.4 Å². The number of hydrogen-bond donors (Lipinski definition) is 0. The zero-order valence-corrected chi connectivity index (χ0v) is 16.0. The number of nitrogens with zero attached hydrogens (tertiary/aromatic N) is 2. The van der Waals surface area contributed by atoms with Gasteiger partial charge in [0.1, 0.15) is 10.6 Å². The maximum absolute atomic E-state index is 12.6. The molecule has 0 saturated heterocycles. The van der Waals surface area contributed by atoms with Crippen LogP contribution in [0.25, 0.3) is 10.2 Å². The molecule has 0 aliphatic rings. The Morgan fingerprint density at radius 1 is 1.36 bits per heavy atom. The lowest BCUT2D eigenvalue weighted by Gasteiger charge is -2.12. The van der Waals surface area contributed by atoms with Crippen LogP contribution >= 0.6 is 23.1 Å². The van der Waals surface area contributed by atoms with E-state index in [2.05, 4.69) is 30.6 Å². The quantitative estimate of drug-likeness (QED) is 0.266. The van der Waals surface area contributed by atoms with E-state index in [1.54, 1.807) is 10.6 Å². The number of thioether (sulfide) groups is 1. The summed E-state index contributed by atoms with van der Waals surface area (Å²) < 4.78 is 7.56. The van der Waals surface area contributed by atoms with Gasteiger partial charge in [-0.2, -0.15) is 0 Å². The van der Waals surface area contributed by atoms with E-state index in [0.717, 1.165) is 16.1 Å². The first-order valence-corrected chi connectivity index (χ1v) is 9.88. The van der Waals surface area contributed by atoms with Crippen LogP contribution in [0.5, 0.6) is 5.75 Å². The number of thiophene rings is 1. The average Bonchev–Trinajstić information content (AvgIpc) is 3.06. The fraction of sp³-hybridized carbons (Fsp3) is 0.263. The smallest absolute Gasteiger partial charge is 0.263 e. The Labute approximate surface area is 155 Å². The van der Waals surface area contributed by atoms with Gasteiger partial charge in [0, 0.05) is 12.3 Å². The molecule has 0 radical (unpaired) electrons. The molecule has 2 aromatic heterocycles. The van der Waals surface area contributed by atoms with Crippen molar-refractivity contribution in [2.75, 3.05) is 12.4 Å². The van der Waals surface area contributed by atoms with Crippen LogP contribution in [0.4, 0.5) is 0 Å². The van der Waals surface area contributed by atoms with E-state index in [9.17, 15) is 4.79 Å². The maximum Gasteiger partial charge on any atom is 0.263 e. The lowest BCUT2D eigenvalue weighted by Crippen LogP contribution is -2.22. The van der Waals surface area contributed by atoms with Gasteiger partial charge in [0.05, 0.1) is 12.0 Å². The summed E-state index contributed by atoms with van der Waals surface area (Å²) in [6.45, 7) is 8.84. The molecule has 0 unspecified atom stereocenters. The van der Waals surface area contributed by atoms with Crippen LogP contribution in [0.1, 0.15) is 11.1 Å². The van der Waals surface area contributed by atoms with Gasteiger partial charge in [0.25, 0.3) is 5.56 Å². The van der Waals surface area contributed by atoms with Crippen LogP contribution in [-0.4, -0.2) is 21.9 Å². The monoisotopic (exact) mass is 372 g/mol. The van der Waals surface area contributed by atoms with Crippen molar-refractivity contribution in [3.05, 3.63) is 63.8 Å². The van der Waals surface area contributed by atoms with Gasteiger partial charge in [0.15, 0.2) is 5.16 Å². The molecular formula is C19H20N2O2S2. The average molecular weight is 373 g/mol. The highest BCUT2D eigenvalue weighted by molar-refractivity contribution is 7.99. The molecule has 0 bridgehead atoms. The van der Waals surface area contributed by atoms with Crippen molar-refractivity contribution in [3.8, 4) is 5.75 Å². The molecule has 6 heteroatoms. The summed E-state index contributed by atoms with van der Waals surface area (Å²) in [7, 11) is 0. The highest BCUT2D eigenvalue weighted by Gasteiger charge is 2.11. The minimum Gasteiger partial charge on any atom is -0.492 e. The van der Waals surface area contributed by atoms with E-state index < -0.39 is 0 Å². The minimum absolute atomic E-state index is 0.0101. The molecule has 3 aromatic rings. The Morgan fingerprint density at radius 2 is 2.20 bits per heavy atom. The molecule has 2 heterocycles. The number of hydrogen-bond acceptors (Lipinski definition) is 5. The molecule has 25 heavy (non-hydrogen) atoms. The van der Waals surface area contributed by atoms with Gasteiger partial charge in [-0.15, -0.1) is 17.9 Å². The predicted octanol–water partition coefficient (Wildman–Crippen LogP) is 4.43. The number of benzene rings is 1. The first-order chi connectivity index (χ1) is 12.1. The molecule has 0 fully saturated rings. The molecule has 0 aliphatic carbocycles. The Morgan fingerprint density at radius 3 is 3.00 bits per heavy atom. The minimum atomic E-state index is -0.0101. The predicted molar refractivity (Wildman–Crippen MR) is 106 cm³/mol. The number of aromatic nitrogens is 2. The normalized spacial score (nSPS) is 11.0. The van der Waals surface area contributed by atoms with Crippen molar-refractivity contribution in [2.45, 2.75) is 25.5 Å². The fourth-order valence-corrected chi connectivity index (χ4v) is 4.11. The lowest BCUT2D eigenvalue weighted by molar-refractivity contribution is 0.341. The van der Waals surface area contributed by atoms with Gasteiger partial charge in [0.2, 0.25) is 0 Å². The van der Waals surface area contributed by atoms with Crippen molar-refractivity contribution >= 4 is 33.3 Å². The van der Waals surface area contributed by atoms with E-state index >= 15 is 0 Å². The summed E-state index contributed by atoms with van der Waals surface area (Å²) in [5.74, 6) is 1.62. The Hall–Kier alpha value is -2.05. The standard InChI is InChI=1S/C19H20N2O2S2/c1-4-8-21-18(22)15-7-10-24-17(15)20-19(21)25-11-9-23-16-12-13(2)5-6-14(16)3/h4-7,10,12H,1,8-9,11H2,2-3H3. The lowest BCUT2D eigenvalue weighted by atomic mass is 10.1. The van der Waals surface area contributed by atoms with E-state index in [-0.39, 0.29) is 5.56 Å². The number of fused-ring (bicyclic) bond motifs is 1. The number of rotatable bonds is 7. The second kappa shape index (κ2) is 7.89. The molecule has 0 N–H and O–H groups in total. The topological polar surface area (TPSA) is 44.1 Å². The third-order valence-corrected chi connectivity index (χ3v) is 5.52. The molecule has 0 atom stereocenters. The number of aryl methyl sites for hydroxylation is 2. The summed E-state index contributed by atoms with van der Waals surface area (Å²) in [5.41, 5.74) is 2.29. The van der Waals surface area contributed by atoms with Crippen LogP contribution in [0.15, 0.2) is 52.3 Å². The zero-order chi connectivity index (χ0) is 17.8. The Balaban J connectivity index is 1.72. The molecule has 1 aromatic carbocycles. The highest BCUT2D eigenvalue weighted by Crippen LogP contribution is 2.23. The van der Waals surface area contributed by atoms with Crippen molar-refractivity contribution in [3.63, 3.8) is 0 Å². The molecule has 0 saturated carbocycles. The molecule has 0 spiro atoms. The van der Waals surface area contributed by atoms with Crippen molar-refractivity contribution in [1.82, 2.24) is 9.55 Å². The van der Waals surface area contributed by atoms with Crippen LogP contribution in [0.3, 0.4) is 0 Å². The molecular weight excluding hydrogens is 352 g/mol. The van der Waals surface area contributed by atoms with E-state index in [1.807, 2.05) is 24.4 Å². The third kappa shape index (κ3) is 3.96. The molecule has 4 nitrogen and oxygen atoms in total. The highest BCUT2D eigenvalue weighted by atomic mass is 32.2. The van der Waals surface area contributed by atoms with Gasteiger partial charge < -0.3 is 4.74 Å². The second-order valence-electron chi connectivity index (χ2n) is 5.70. The van der Waals surface area contributed by atoms with Crippen LogP contribution in [-0.2, 0) is 6.54 Å². The summed E-state index contributed by atoms with van der Waals surface area (Å²) in [5, 5.41) is 3.28. The van der Waals surface area contributed by atoms with Gasteiger partial charge in [-0.1, -0.05) is 30.0 Å². The SMILES string of the molecule is C=CCn1c(SCCOc2cc(C)ccc2C)nc2sccc2c1=O. The van der Waals surface area contributed by atoms with Crippen LogP contribution < -0.4 is 10.3 Å². The summed E-state index contributed by atoms with van der Waals surface area (Å²) in [6.07, 6.45) is 1.72.